The van der Waals surface area contributed by atoms with Crippen molar-refractivity contribution in [3.8, 4) is 0 Å². The fourth-order valence-electron chi connectivity index (χ4n) is 3.62. The van der Waals surface area contributed by atoms with Gasteiger partial charge in [-0.3, -0.25) is 4.79 Å². The Labute approximate surface area is 130 Å². The third-order valence-corrected chi connectivity index (χ3v) is 4.77. The predicted octanol–water partition coefficient (Wildman–Crippen LogP) is 2.46. The normalized spacial score (nSPS) is 23.5. The number of fused-ring (bicyclic) bond motifs is 1. The maximum absolute atomic E-state index is 11.8. The highest BCUT2D eigenvalue weighted by Gasteiger charge is 2.47. The third kappa shape index (κ3) is 3.08. The van der Waals surface area contributed by atoms with Gasteiger partial charge in [0.05, 0.1) is 0 Å². The molecule has 118 valence electrons. The van der Waals surface area contributed by atoms with Crippen LogP contribution in [0.4, 0.5) is 4.79 Å². The second-order valence-corrected chi connectivity index (χ2v) is 6.11. The molecule has 2 saturated heterocycles. The number of rotatable bonds is 5. The second kappa shape index (κ2) is 6.38. The fraction of sp³-hybridized carbons (Fsp3) is 0.529. The van der Waals surface area contributed by atoms with Crippen LogP contribution in [-0.4, -0.2) is 35.5 Å². The van der Waals surface area contributed by atoms with E-state index in [9.17, 15) is 9.59 Å². The lowest BCUT2D eigenvalue weighted by Gasteiger charge is -2.32. The zero-order chi connectivity index (χ0) is 15.4. The summed E-state index contributed by atoms with van der Waals surface area (Å²) in [7, 11) is 0. The van der Waals surface area contributed by atoms with Gasteiger partial charge >= 0.3 is 6.09 Å². The molecule has 1 aromatic rings. The van der Waals surface area contributed by atoms with Gasteiger partial charge in [-0.25, -0.2) is 4.79 Å². The number of benzene rings is 1. The van der Waals surface area contributed by atoms with Gasteiger partial charge in [0, 0.05) is 25.0 Å². The molecule has 0 bridgehead atoms. The number of carbonyl (C=O) groups is 2. The summed E-state index contributed by atoms with van der Waals surface area (Å²) in [5.74, 6) is 0.268. The molecule has 3 rings (SSSR count). The van der Waals surface area contributed by atoms with E-state index in [1.165, 1.54) is 0 Å². The van der Waals surface area contributed by atoms with Gasteiger partial charge in [-0.15, -0.1) is 0 Å². The van der Waals surface area contributed by atoms with Crippen molar-refractivity contribution in [2.24, 2.45) is 0 Å². The average molecular weight is 302 g/mol. The van der Waals surface area contributed by atoms with Crippen LogP contribution in [0.3, 0.4) is 0 Å². The molecule has 0 aromatic heterocycles. The standard InChI is InChI=1S/C17H22N2O3/c20-15-7-9-17(8-4-12-19(15)17)10-11-18-16(21)22-13-14-5-2-1-3-6-14/h1-3,5-6H,4,7-13H2,(H,18,21). The molecule has 22 heavy (non-hydrogen) atoms. The summed E-state index contributed by atoms with van der Waals surface area (Å²) in [6.45, 7) is 1.71. The van der Waals surface area contributed by atoms with E-state index in [1.54, 1.807) is 0 Å². The molecule has 0 radical (unpaired) electrons. The van der Waals surface area contributed by atoms with Crippen LogP contribution >= 0.6 is 0 Å². The van der Waals surface area contributed by atoms with Crippen molar-refractivity contribution in [1.82, 2.24) is 10.2 Å². The first-order valence-electron chi connectivity index (χ1n) is 7.95. The van der Waals surface area contributed by atoms with Crippen LogP contribution in [0.2, 0.25) is 0 Å². The molecule has 5 heteroatoms. The smallest absolute Gasteiger partial charge is 0.407 e. The minimum Gasteiger partial charge on any atom is -0.445 e. The zero-order valence-corrected chi connectivity index (χ0v) is 12.7. The highest BCUT2D eigenvalue weighted by molar-refractivity contribution is 5.80. The maximum atomic E-state index is 11.8. The number of carbonyl (C=O) groups excluding carboxylic acids is 2. The van der Waals surface area contributed by atoms with Crippen molar-refractivity contribution in [1.29, 1.82) is 0 Å². The number of hydrogen-bond acceptors (Lipinski definition) is 3. The summed E-state index contributed by atoms with van der Waals surface area (Å²) in [5, 5.41) is 2.80. The molecule has 2 aliphatic rings. The first kappa shape index (κ1) is 14.9. The monoisotopic (exact) mass is 302 g/mol. The van der Waals surface area contributed by atoms with E-state index in [-0.39, 0.29) is 18.1 Å². The Morgan fingerprint density at radius 1 is 1.27 bits per heavy atom. The molecule has 1 atom stereocenters. The van der Waals surface area contributed by atoms with Gasteiger partial charge in [0.2, 0.25) is 5.91 Å². The number of hydrogen-bond donors (Lipinski definition) is 1. The Morgan fingerprint density at radius 3 is 2.91 bits per heavy atom. The quantitative estimate of drug-likeness (QED) is 0.909. The number of nitrogens with one attached hydrogen (secondary N) is 1. The average Bonchev–Trinajstić information content (AvgIpc) is 3.08. The van der Waals surface area contributed by atoms with Gasteiger partial charge < -0.3 is 15.0 Å². The van der Waals surface area contributed by atoms with E-state index < -0.39 is 6.09 Å². The molecule has 5 nitrogen and oxygen atoms in total. The van der Waals surface area contributed by atoms with Crippen LogP contribution in [0.15, 0.2) is 30.3 Å². The van der Waals surface area contributed by atoms with Crippen LogP contribution in [0.1, 0.15) is 37.7 Å². The Hall–Kier alpha value is -2.04. The molecule has 0 spiro atoms. The maximum Gasteiger partial charge on any atom is 0.407 e. The zero-order valence-electron chi connectivity index (χ0n) is 12.7. The van der Waals surface area contributed by atoms with Crippen molar-refractivity contribution in [3.63, 3.8) is 0 Å². The van der Waals surface area contributed by atoms with Gasteiger partial charge in [-0.2, -0.15) is 0 Å². The van der Waals surface area contributed by atoms with Crippen LogP contribution in [0.5, 0.6) is 0 Å². The molecular formula is C17H22N2O3. The lowest BCUT2D eigenvalue weighted by Crippen LogP contribution is -2.43. The number of amides is 2. The van der Waals surface area contributed by atoms with Gasteiger partial charge in [0.1, 0.15) is 6.61 Å². The van der Waals surface area contributed by atoms with Crippen LogP contribution in [-0.2, 0) is 16.1 Å². The van der Waals surface area contributed by atoms with Crippen LogP contribution < -0.4 is 5.32 Å². The predicted molar refractivity (Wildman–Crippen MR) is 82.2 cm³/mol. The minimum absolute atomic E-state index is 0.0101. The van der Waals surface area contributed by atoms with Crippen LogP contribution in [0, 0.1) is 0 Å². The first-order valence-corrected chi connectivity index (χ1v) is 7.95. The van der Waals surface area contributed by atoms with E-state index in [1.807, 2.05) is 35.2 Å². The topological polar surface area (TPSA) is 58.6 Å². The fourth-order valence-corrected chi connectivity index (χ4v) is 3.62. The molecule has 1 N–H and O–H groups in total. The second-order valence-electron chi connectivity index (χ2n) is 6.11. The lowest BCUT2D eigenvalue weighted by molar-refractivity contribution is -0.129. The largest absolute Gasteiger partial charge is 0.445 e. The summed E-state index contributed by atoms with van der Waals surface area (Å²) < 4.78 is 5.19. The lowest BCUT2D eigenvalue weighted by atomic mass is 9.90. The third-order valence-electron chi connectivity index (χ3n) is 4.77. The van der Waals surface area contributed by atoms with Crippen molar-refractivity contribution in [2.45, 2.75) is 44.2 Å². The molecule has 0 aliphatic carbocycles. The molecular weight excluding hydrogens is 280 g/mol. The number of ether oxygens (including phenoxy) is 1. The summed E-state index contributed by atoms with van der Waals surface area (Å²) >= 11 is 0. The Kier molecular flexibility index (Phi) is 4.32. The van der Waals surface area contributed by atoms with Gasteiger partial charge in [0.25, 0.3) is 0 Å². The molecule has 2 amide bonds. The van der Waals surface area contributed by atoms with Crippen molar-refractivity contribution < 1.29 is 14.3 Å². The molecule has 1 aromatic carbocycles. The van der Waals surface area contributed by atoms with E-state index in [0.29, 0.717) is 13.0 Å². The van der Waals surface area contributed by atoms with Crippen molar-refractivity contribution in [2.75, 3.05) is 13.1 Å². The van der Waals surface area contributed by atoms with Crippen LogP contribution in [0.25, 0.3) is 0 Å². The van der Waals surface area contributed by atoms with Gasteiger partial charge in [0.15, 0.2) is 0 Å². The number of alkyl carbamates (subject to hydrolysis) is 1. The Morgan fingerprint density at radius 2 is 2.09 bits per heavy atom. The molecule has 2 fully saturated rings. The highest BCUT2D eigenvalue weighted by Crippen LogP contribution is 2.41. The molecule has 2 aliphatic heterocycles. The summed E-state index contributed by atoms with van der Waals surface area (Å²) in [6, 6.07) is 9.61. The van der Waals surface area contributed by atoms with Gasteiger partial charge in [-0.1, -0.05) is 30.3 Å². The number of nitrogens with zero attached hydrogens (tertiary/aromatic N) is 1. The van der Waals surface area contributed by atoms with E-state index in [4.69, 9.17) is 4.74 Å². The highest BCUT2D eigenvalue weighted by atomic mass is 16.5. The Balaban J connectivity index is 1.41. The molecule has 0 saturated carbocycles. The Bertz CT molecular complexity index is 546. The van der Waals surface area contributed by atoms with Crippen molar-refractivity contribution >= 4 is 12.0 Å². The summed E-state index contributed by atoms with van der Waals surface area (Å²) in [6.07, 6.45) is 4.13. The van der Waals surface area contributed by atoms with Crippen molar-refractivity contribution in [3.05, 3.63) is 35.9 Å². The van der Waals surface area contributed by atoms with Gasteiger partial charge in [-0.05, 0) is 31.2 Å². The minimum atomic E-state index is -0.394. The summed E-state index contributed by atoms with van der Waals surface area (Å²) in [4.78, 5) is 25.6. The SMILES string of the molecule is O=C(NCCC12CCCN1C(=O)CC2)OCc1ccccc1. The molecule has 2 heterocycles. The first-order chi connectivity index (χ1) is 10.7. The van der Waals surface area contributed by atoms with E-state index in [2.05, 4.69) is 5.32 Å². The van der Waals surface area contributed by atoms with E-state index in [0.717, 1.165) is 37.8 Å². The summed E-state index contributed by atoms with van der Waals surface area (Å²) in [5.41, 5.74) is 0.962. The molecule has 1 unspecified atom stereocenters. The van der Waals surface area contributed by atoms with E-state index >= 15 is 0 Å².